The fourth-order valence-electron chi connectivity index (χ4n) is 1.63. The molecular formula is C15H15ClO2. The minimum absolute atomic E-state index is 0.519. The second-order valence-electron chi connectivity index (χ2n) is 4.00. The lowest BCUT2D eigenvalue weighted by Crippen LogP contribution is -1.97. The van der Waals surface area contributed by atoms with Crippen molar-refractivity contribution in [2.75, 3.05) is 7.11 Å². The summed E-state index contributed by atoms with van der Waals surface area (Å²) in [6.07, 6.45) is 0. The fourth-order valence-corrected chi connectivity index (χ4v) is 1.79. The molecule has 0 saturated heterocycles. The van der Waals surface area contributed by atoms with Gasteiger partial charge in [-0.2, -0.15) is 0 Å². The Kier molecular flexibility index (Phi) is 4.11. The Bertz CT molecular complexity index is 521. The molecule has 2 aromatic carbocycles. The quantitative estimate of drug-likeness (QED) is 0.821. The molecule has 0 bridgehead atoms. The van der Waals surface area contributed by atoms with E-state index in [0.29, 0.717) is 6.61 Å². The van der Waals surface area contributed by atoms with Gasteiger partial charge >= 0.3 is 0 Å². The molecule has 2 rings (SSSR count). The van der Waals surface area contributed by atoms with Crippen molar-refractivity contribution in [2.24, 2.45) is 0 Å². The lowest BCUT2D eigenvalue weighted by molar-refractivity contribution is 0.304. The highest BCUT2D eigenvalue weighted by molar-refractivity contribution is 6.31. The first-order valence-electron chi connectivity index (χ1n) is 5.71. The van der Waals surface area contributed by atoms with Crippen LogP contribution in [-0.2, 0) is 6.61 Å². The second kappa shape index (κ2) is 5.78. The molecule has 0 aromatic heterocycles. The third-order valence-electron chi connectivity index (χ3n) is 2.77. The van der Waals surface area contributed by atoms with Crippen LogP contribution in [0.2, 0.25) is 5.02 Å². The average Bonchev–Trinajstić information content (AvgIpc) is 2.41. The molecule has 18 heavy (non-hydrogen) atoms. The molecule has 94 valence electrons. The number of hydrogen-bond donors (Lipinski definition) is 0. The van der Waals surface area contributed by atoms with Crippen LogP contribution in [0.5, 0.6) is 11.5 Å². The summed E-state index contributed by atoms with van der Waals surface area (Å²) in [5.41, 5.74) is 2.06. The molecule has 0 amide bonds. The fraction of sp³-hybridized carbons (Fsp3) is 0.200. The topological polar surface area (TPSA) is 18.5 Å². The van der Waals surface area contributed by atoms with E-state index in [1.54, 1.807) is 7.11 Å². The zero-order valence-corrected chi connectivity index (χ0v) is 11.2. The van der Waals surface area contributed by atoms with Crippen LogP contribution in [0.3, 0.4) is 0 Å². The number of hydrogen-bond acceptors (Lipinski definition) is 2. The lowest BCUT2D eigenvalue weighted by atomic mass is 10.2. The van der Waals surface area contributed by atoms with Crippen molar-refractivity contribution >= 4 is 11.6 Å². The summed E-state index contributed by atoms with van der Waals surface area (Å²) in [4.78, 5) is 0. The van der Waals surface area contributed by atoms with Crippen LogP contribution in [0.25, 0.3) is 0 Å². The molecule has 0 fully saturated rings. The highest BCUT2D eigenvalue weighted by Gasteiger charge is 2.03. The van der Waals surface area contributed by atoms with Crippen LogP contribution in [-0.4, -0.2) is 7.11 Å². The molecule has 0 N–H and O–H groups in total. The molecular weight excluding hydrogens is 248 g/mol. The molecule has 0 atom stereocenters. The summed E-state index contributed by atoms with van der Waals surface area (Å²) < 4.78 is 10.9. The molecule has 0 heterocycles. The van der Waals surface area contributed by atoms with Crippen molar-refractivity contribution in [3.8, 4) is 11.5 Å². The Morgan fingerprint density at radius 2 is 1.78 bits per heavy atom. The van der Waals surface area contributed by atoms with Gasteiger partial charge in [0.15, 0.2) is 0 Å². The van der Waals surface area contributed by atoms with Crippen molar-refractivity contribution in [3.63, 3.8) is 0 Å². The Morgan fingerprint density at radius 3 is 2.44 bits per heavy atom. The van der Waals surface area contributed by atoms with Gasteiger partial charge in [-0.05, 0) is 36.8 Å². The Morgan fingerprint density at radius 1 is 1.06 bits per heavy atom. The number of ether oxygens (including phenoxy) is 2. The molecule has 0 radical (unpaired) electrons. The third-order valence-corrected chi connectivity index (χ3v) is 3.18. The maximum atomic E-state index is 6.04. The van der Waals surface area contributed by atoms with E-state index >= 15 is 0 Å². The van der Waals surface area contributed by atoms with Crippen LogP contribution < -0.4 is 9.47 Å². The SMILES string of the molecule is COc1ccc(COc2cccc(Cl)c2C)cc1. The van der Waals surface area contributed by atoms with Gasteiger partial charge < -0.3 is 9.47 Å². The number of benzene rings is 2. The minimum atomic E-state index is 0.519. The average molecular weight is 263 g/mol. The van der Waals surface area contributed by atoms with Crippen LogP contribution in [0.1, 0.15) is 11.1 Å². The Labute approximate surface area is 112 Å². The van der Waals surface area contributed by atoms with Crippen molar-refractivity contribution < 1.29 is 9.47 Å². The van der Waals surface area contributed by atoms with Crippen LogP contribution >= 0.6 is 11.6 Å². The first-order chi connectivity index (χ1) is 8.70. The molecule has 0 aliphatic rings. The van der Waals surface area contributed by atoms with Gasteiger partial charge in [0, 0.05) is 10.6 Å². The summed E-state index contributed by atoms with van der Waals surface area (Å²) in [5, 5.41) is 0.724. The normalized spacial score (nSPS) is 10.2. The summed E-state index contributed by atoms with van der Waals surface area (Å²) >= 11 is 6.04. The second-order valence-corrected chi connectivity index (χ2v) is 4.41. The van der Waals surface area contributed by atoms with E-state index in [2.05, 4.69) is 0 Å². The maximum absolute atomic E-state index is 6.04. The summed E-state index contributed by atoms with van der Waals surface area (Å²) in [6, 6.07) is 13.5. The van der Waals surface area contributed by atoms with E-state index in [-0.39, 0.29) is 0 Å². The minimum Gasteiger partial charge on any atom is -0.497 e. The summed E-state index contributed by atoms with van der Waals surface area (Å²) in [7, 11) is 1.65. The molecule has 0 saturated carbocycles. The van der Waals surface area contributed by atoms with Crippen molar-refractivity contribution in [2.45, 2.75) is 13.5 Å². The molecule has 2 aromatic rings. The first kappa shape index (κ1) is 12.8. The van der Waals surface area contributed by atoms with E-state index < -0.39 is 0 Å². The lowest BCUT2D eigenvalue weighted by Gasteiger charge is -2.10. The van der Waals surface area contributed by atoms with E-state index in [1.165, 1.54) is 0 Å². The third kappa shape index (κ3) is 2.96. The molecule has 2 nitrogen and oxygen atoms in total. The Balaban J connectivity index is 2.04. The standard InChI is InChI=1S/C15H15ClO2/c1-11-14(16)4-3-5-15(11)18-10-12-6-8-13(17-2)9-7-12/h3-9H,10H2,1-2H3. The Hall–Kier alpha value is -1.67. The molecule has 0 spiro atoms. The van der Waals surface area contributed by atoms with Gasteiger partial charge in [0.2, 0.25) is 0 Å². The van der Waals surface area contributed by atoms with Gasteiger partial charge in [0.25, 0.3) is 0 Å². The predicted molar refractivity (Wildman–Crippen MR) is 73.5 cm³/mol. The van der Waals surface area contributed by atoms with Crippen LogP contribution in [0, 0.1) is 6.92 Å². The molecule has 0 aliphatic carbocycles. The van der Waals surface area contributed by atoms with Gasteiger partial charge in [-0.25, -0.2) is 0 Å². The maximum Gasteiger partial charge on any atom is 0.124 e. The van der Waals surface area contributed by atoms with Crippen molar-refractivity contribution in [1.29, 1.82) is 0 Å². The molecule has 3 heteroatoms. The summed E-state index contributed by atoms with van der Waals surface area (Å²) in [6.45, 7) is 2.47. The summed E-state index contributed by atoms with van der Waals surface area (Å²) in [5.74, 6) is 1.66. The van der Waals surface area contributed by atoms with Crippen molar-refractivity contribution in [3.05, 3.63) is 58.6 Å². The highest BCUT2D eigenvalue weighted by Crippen LogP contribution is 2.25. The van der Waals surface area contributed by atoms with E-state index in [9.17, 15) is 0 Å². The predicted octanol–water partition coefficient (Wildman–Crippen LogP) is 4.24. The van der Waals surface area contributed by atoms with Crippen LogP contribution in [0.4, 0.5) is 0 Å². The van der Waals surface area contributed by atoms with Gasteiger partial charge in [-0.3, -0.25) is 0 Å². The zero-order valence-electron chi connectivity index (χ0n) is 10.4. The molecule has 0 unspecified atom stereocenters. The van der Waals surface area contributed by atoms with E-state index in [1.807, 2.05) is 49.4 Å². The van der Waals surface area contributed by atoms with Crippen LogP contribution in [0.15, 0.2) is 42.5 Å². The van der Waals surface area contributed by atoms with Gasteiger partial charge in [0.05, 0.1) is 7.11 Å². The van der Waals surface area contributed by atoms with Gasteiger partial charge in [-0.15, -0.1) is 0 Å². The highest BCUT2D eigenvalue weighted by atomic mass is 35.5. The molecule has 0 aliphatic heterocycles. The number of halogens is 1. The van der Waals surface area contributed by atoms with Gasteiger partial charge in [0.1, 0.15) is 18.1 Å². The first-order valence-corrected chi connectivity index (χ1v) is 6.09. The van der Waals surface area contributed by atoms with Gasteiger partial charge in [-0.1, -0.05) is 29.8 Å². The number of methoxy groups -OCH3 is 1. The van der Waals surface area contributed by atoms with E-state index in [4.69, 9.17) is 21.1 Å². The monoisotopic (exact) mass is 262 g/mol. The smallest absolute Gasteiger partial charge is 0.124 e. The zero-order chi connectivity index (χ0) is 13.0. The number of rotatable bonds is 4. The van der Waals surface area contributed by atoms with E-state index in [0.717, 1.165) is 27.6 Å². The largest absolute Gasteiger partial charge is 0.497 e. The van der Waals surface area contributed by atoms with Crippen molar-refractivity contribution in [1.82, 2.24) is 0 Å².